The molecule has 0 spiro atoms. The maximum absolute atomic E-state index is 13.8. The number of anilines is 3. The van der Waals surface area contributed by atoms with E-state index < -0.39 is 10.0 Å². The van der Waals surface area contributed by atoms with Crippen molar-refractivity contribution in [1.29, 1.82) is 0 Å². The van der Waals surface area contributed by atoms with E-state index in [1.807, 2.05) is 70.2 Å². The molecule has 198 valence electrons. The van der Waals surface area contributed by atoms with E-state index in [0.717, 1.165) is 52.3 Å². The second-order valence-corrected chi connectivity index (χ2v) is 11.4. The third-order valence-electron chi connectivity index (χ3n) is 7.37. The van der Waals surface area contributed by atoms with Crippen LogP contribution in [-0.4, -0.2) is 51.7 Å². The Balaban J connectivity index is 1.48. The number of sulfonamides is 1. The fourth-order valence-corrected chi connectivity index (χ4v) is 6.63. The highest BCUT2D eigenvalue weighted by Crippen LogP contribution is 2.32. The van der Waals surface area contributed by atoms with Gasteiger partial charge in [-0.15, -0.1) is 0 Å². The van der Waals surface area contributed by atoms with Crippen molar-refractivity contribution in [3.05, 3.63) is 76.9 Å². The van der Waals surface area contributed by atoms with Crippen LogP contribution in [-0.2, 0) is 10.0 Å². The number of rotatable bonds is 6. The Morgan fingerprint density at radius 1 is 0.789 bits per heavy atom. The van der Waals surface area contributed by atoms with Crippen molar-refractivity contribution in [2.45, 2.75) is 32.6 Å². The lowest BCUT2D eigenvalue weighted by atomic mass is 10.0. The van der Waals surface area contributed by atoms with E-state index in [-0.39, 0.29) is 5.82 Å². The quantitative estimate of drug-likeness (QED) is 0.375. The molecule has 1 aliphatic rings. The van der Waals surface area contributed by atoms with Crippen LogP contribution in [0.3, 0.4) is 0 Å². The van der Waals surface area contributed by atoms with Gasteiger partial charge in [-0.1, -0.05) is 18.2 Å². The molecule has 1 saturated heterocycles. The minimum absolute atomic E-state index is 0.250. The van der Waals surface area contributed by atoms with E-state index >= 15 is 0 Å². The van der Waals surface area contributed by atoms with Crippen LogP contribution in [0.4, 0.5) is 17.3 Å². The van der Waals surface area contributed by atoms with Gasteiger partial charge in [0.05, 0.1) is 23.0 Å². The number of piperazine rings is 1. The van der Waals surface area contributed by atoms with Crippen molar-refractivity contribution < 1.29 is 13.2 Å². The van der Waals surface area contributed by atoms with Crippen molar-refractivity contribution in [1.82, 2.24) is 9.97 Å². The van der Waals surface area contributed by atoms with Crippen LogP contribution in [0.25, 0.3) is 11.0 Å². The maximum atomic E-state index is 13.8. The van der Waals surface area contributed by atoms with E-state index in [1.165, 1.54) is 0 Å². The first kappa shape index (κ1) is 25.8. The first-order valence-electron chi connectivity index (χ1n) is 12.7. The summed E-state index contributed by atoms with van der Waals surface area (Å²) in [6, 6.07) is 17.6. The molecule has 0 radical (unpaired) electrons. The summed E-state index contributed by atoms with van der Waals surface area (Å²) in [5.74, 6) is 1.62. The predicted octanol–water partition coefficient (Wildman–Crippen LogP) is 5.00. The molecule has 3 aromatic carbocycles. The van der Waals surface area contributed by atoms with Crippen molar-refractivity contribution >= 4 is 38.4 Å². The fraction of sp³-hybridized carbons (Fsp3) is 0.310. The molecule has 38 heavy (non-hydrogen) atoms. The number of ether oxygens (including phenoxy) is 1. The number of fused-ring (bicyclic) bond motifs is 1. The third kappa shape index (κ3) is 4.86. The second kappa shape index (κ2) is 10.1. The third-order valence-corrected chi connectivity index (χ3v) is 8.98. The van der Waals surface area contributed by atoms with Gasteiger partial charge in [0.15, 0.2) is 11.6 Å². The van der Waals surface area contributed by atoms with Gasteiger partial charge >= 0.3 is 0 Å². The number of benzene rings is 3. The summed E-state index contributed by atoms with van der Waals surface area (Å²) >= 11 is 0. The molecule has 5 rings (SSSR count). The van der Waals surface area contributed by atoms with Gasteiger partial charge in [-0.2, -0.15) is 0 Å². The average molecular weight is 532 g/mol. The summed E-state index contributed by atoms with van der Waals surface area (Å²) in [5, 5.41) is 0. The molecule has 0 atom stereocenters. The lowest BCUT2D eigenvalue weighted by Gasteiger charge is -2.37. The van der Waals surface area contributed by atoms with Crippen molar-refractivity contribution in [2.24, 2.45) is 0 Å². The van der Waals surface area contributed by atoms with Gasteiger partial charge < -0.3 is 14.5 Å². The Hall–Kier alpha value is -3.85. The Morgan fingerprint density at radius 2 is 1.34 bits per heavy atom. The lowest BCUT2D eigenvalue weighted by Crippen LogP contribution is -2.47. The van der Waals surface area contributed by atoms with Crippen molar-refractivity contribution in [3.63, 3.8) is 0 Å². The summed E-state index contributed by atoms with van der Waals surface area (Å²) in [4.78, 5) is 14.3. The van der Waals surface area contributed by atoms with Gasteiger partial charge in [-0.3, -0.25) is 4.72 Å². The SMILES string of the molecule is COc1ccc(N2CCN(c3nc4ccccc4nc3NS(=O)(=O)c3c(C)c(C)cc(C)c3C)CC2)cc1. The molecule has 9 heteroatoms. The fourth-order valence-electron chi connectivity index (χ4n) is 5.01. The topological polar surface area (TPSA) is 87.7 Å². The Kier molecular flexibility index (Phi) is 6.88. The molecular formula is C29H33N5O3S. The average Bonchev–Trinajstić information content (AvgIpc) is 2.91. The minimum Gasteiger partial charge on any atom is -0.497 e. The number of para-hydroxylation sites is 2. The summed E-state index contributed by atoms with van der Waals surface area (Å²) in [7, 11) is -2.25. The Labute approximate surface area is 224 Å². The molecular weight excluding hydrogens is 498 g/mol. The molecule has 2 heterocycles. The number of nitrogens with one attached hydrogen (secondary N) is 1. The molecule has 0 unspecified atom stereocenters. The van der Waals surface area contributed by atoms with Gasteiger partial charge in [0.2, 0.25) is 0 Å². The first-order chi connectivity index (χ1) is 18.2. The van der Waals surface area contributed by atoms with E-state index in [4.69, 9.17) is 14.7 Å². The zero-order valence-corrected chi connectivity index (χ0v) is 23.3. The highest BCUT2D eigenvalue weighted by Gasteiger charge is 2.27. The Bertz CT molecular complexity index is 1570. The summed E-state index contributed by atoms with van der Waals surface area (Å²) in [5.41, 5.74) is 5.84. The van der Waals surface area contributed by atoms with Crippen LogP contribution in [0, 0.1) is 27.7 Å². The van der Waals surface area contributed by atoms with Gasteiger partial charge in [0, 0.05) is 31.9 Å². The Morgan fingerprint density at radius 3 is 1.92 bits per heavy atom. The standard InChI is InChI=1S/C29H33N5O3S/c1-19-18-20(2)22(4)27(21(19)3)38(35,36)32-28-29(31-26-9-7-6-8-25(26)30-28)34-16-14-33(15-17-34)23-10-12-24(37-5)13-11-23/h6-13,18H,14-17H2,1-5H3,(H,30,32). The molecule has 1 aromatic heterocycles. The molecule has 0 amide bonds. The van der Waals surface area contributed by atoms with Crippen LogP contribution in [0.5, 0.6) is 5.75 Å². The second-order valence-electron chi connectivity index (χ2n) is 9.75. The van der Waals surface area contributed by atoms with E-state index in [0.29, 0.717) is 29.3 Å². The monoisotopic (exact) mass is 531 g/mol. The molecule has 1 fully saturated rings. The lowest BCUT2D eigenvalue weighted by molar-refractivity contribution is 0.415. The van der Waals surface area contributed by atoms with Gasteiger partial charge in [0.1, 0.15) is 5.75 Å². The van der Waals surface area contributed by atoms with Gasteiger partial charge in [-0.05, 0) is 86.3 Å². The number of nitrogens with zero attached hydrogens (tertiary/aromatic N) is 4. The smallest absolute Gasteiger partial charge is 0.263 e. The maximum Gasteiger partial charge on any atom is 0.263 e. The van der Waals surface area contributed by atoms with Crippen LogP contribution in [0.2, 0.25) is 0 Å². The van der Waals surface area contributed by atoms with Crippen LogP contribution in [0.15, 0.2) is 59.5 Å². The molecule has 0 aliphatic carbocycles. The molecule has 0 saturated carbocycles. The highest BCUT2D eigenvalue weighted by atomic mass is 32.2. The van der Waals surface area contributed by atoms with E-state index in [9.17, 15) is 8.42 Å². The number of methoxy groups -OCH3 is 1. The van der Waals surface area contributed by atoms with Gasteiger partial charge in [-0.25, -0.2) is 18.4 Å². The minimum atomic E-state index is -3.91. The predicted molar refractivity (Wildman–Crippen MR) is 153 cm³/mol. The van der Waals surface area contributed by atoms with Crippen molar-refractivity contribution in [3.8, 4) is 5.75 Å². The highest BCUT2D eigenvalue weighted by molar-refractivity contribution is 7.92. The van der Waals surface area contributed by atoms with E-state index in [2.05, 4.69) is 26.7 Å². The van der Waals surface area contributed by atoms with Crippen molar-refractivity contribution in [2.75, 3.05) is 47.8 Å². The van der Waals surface area contributed by atoms with E-state index in [1.54, 1.807) is 7.11 Å². The summed E-state index contributed by atoms with van der Waals surface area (Å²) in [6.45, 7) is 10.5. The molecule has 1 N–H and O–H groups in total. The number of hydrogen-bond acceptors (Lipinski definition) is 7. The zero-order valence-electron chi connectivity index (χ0n) is 22.4. The molecule has 1 aliphatic heterocycles. The molecule has 0 bridgehead atoms. The largest absolute Gasteiger partial charge is 0.497 e. The molecule has 4 aromatic rings. The normalized spacial score (nSPS) is 14.1. The number of aryl methyl sites for hydroxylation is 2. The van der Waals surface area contributed by atoms with Crippen LogP contribution in [0.1, 0.15) is 22.3 Å². The zero-order chi connectivity index (χ0) is 27.0. The summed E-state index contributed by atoms with van der Waals surface area (Å²) in [6.07, 6.45) is 0. The number of hydrogen-bond donors (Lipinski definition) is 1. The van der Waals surface area contributed by atoms with Gasteiger partial charge in [0.25, 0.3) is 10.0 Å². The first-order valence-corrected chi connectivity index (χ1v) is 14.2. The molecule has 8 nitrogen and oxygen atoms in total. The summed E-state index contributed by atoms with van der Waals surface area (Å²) < 4.78 is 35.7. The number of aromatic nitrogens is 2. The van der Waals surface area contributed by atoms with Crippen LogP contribution < -0.4 is 19.3 Å². The van der Waals surface area contributed by atoms with Crippen LogP contribution >= 0.6 is 0 Å².